The quantitative estimate of drug-likeness (QED) is 0.210. The minimum atomic E-state index is -1.71. The first-order chi connectivity index (χ1) is 20.8. The largest absolute Gasteiger partial charge is 0.481 e. The van der Waals surface area contributed by atoms with Crippen molar-refractivity contribution >= 4 is 29.8 Å². The van der Waals surface area contributed by atoms with Crippen LogP contribution in [0.3, 0.4) is 0 Å². The minimum Gasteiger partial charge on any atom is -0.481 e. The van der Waals surface area contributed by atoms with E-state index in [0.29, 0.717) is 24.2 Å². The SMILES string of the molecule is C[C@H](OC(=O)CCC(=O)OC1=CC[C@@]2(O)[C@H]3Cc4ccc(CO)c5c4[C@@]2(CCCN3C)[C@H]1O5)C(=O)N[C@@H](CC(=O)O)C(=O)O. The van der Waals surface area contributed by atoms with E-state index in [1.165, 1.54) is 6.92 Å². The fourth-order valence-corrected chi connectivity index (χ4v) is 7.25. The molecule has 14 heteroatoms. The lowest BCUT2D eigenvalue weighted by molar-refractivity contribution is -0.158. The summed E-state index contributed by atoms with van der Waals surface area (Å²) in [5.41, 5.74) is 0.339. The third-order valence-corrected chi connectivity index (χ3v) is 9.28. The van der Waals surface area contributed by atoms with Crippen LogP contribution in [0.2, 0.25) is 0 Å². The number of carbonyl (C=O) groups excluding carboxylic acids is 3. The number of rotatable bonds is 11. The average molecular weight is 617 g/mol. The smallest absolute Gasteiger partial charge is 0.326 e. The molecule has 2 aliphatic carbocycles. The minimum absolute atomic E-state index is 0.202. The summed E-state index contributed by atoms with van der Waals surface area (Å²) in [6.45, 7) is 1.69. The van der Waals surface area contributed by atoms with Crippen LogP contribution >= 0.6 is 0 Å². The predicted molar refractivity (Wildman–Crippen MR) is 148 cm³/mol. The third kappa shape index (κ3) is 5.20. The van der Waals surface area contributed by atoms with Crippen LogP contribution in [0.1, 0.15) is 62.1 Å². The van der Waals surface area contributed by atoms with E-state index in [0.717, 1.165) is 24.1 Å². The maximum Gasteiger partial charge on any atom is 0.326 e. The summed E-state index contributed by atoms with van der Waals surface area (Å²) in [4.78, 5) is 61.7. The first kappa shape index (κ1) is 31.4. The molecule has 0 aromatic heterocycles. The lowest BCUT2D eigenvalue weighted by Crippen LogP contribution is -2.69. The summed E-state index contributed by atoms with van der Waals surface area (Å²) in [6, 6.07) is 1.87. The van der Waals surface area contributed by atoms with Gasteiger partial charge in [0.1, 0.15) is 17.6 Å². The molecular weight excluding hydrogens is 580 g/mol. The number of hydrogen-bond donors (Lipinski definition) is 5. The van der Waals surface area contributed by atoms with Crippen molar-refractivity contribution in [2.45, 2.75) is 93.8 Å². The highest BCUT2D eigenvalue weighted by Crippen LogP contribution is 2.64. The second-order valence-corrected chi connectivity index (χ2v) is 11.9. The summed E-state index contributed by atoms with van der Waals surface area (Å²) >= 11 is 0. The van der Waals surface area contributed by atoms with E-state index in [1.54, 1.807) is 6.08 Å². The molecule has 44 heavy (non-hydrogen) atoms. The zero-order valence-corrected chi connectivity index (χ0v) is 24.4. The van der Waals surface area contributed by atoms with E-state index in [9.17, 15) is 34.2 Å². The third-order valence-electron chi connectivity index (χ3n) is 9.28. The van der Waals surface area contributed by atoms with Crippen LogP contribution in [0, 0.1) is 0 Å². The van der Waals surface area contributed by atoms with Crippen LogP contribution < -0.4 is 10.1 Å². The van der Waals surface area contributed by atoms with Gasteiger partial charge in [-0.15, -0.1) is 0 Å². The number of hydrogen-bond acceptors (Lipinski definition) is 11. The number of likely N-dealkylation sites (N-methyl/N-ethyl adjacent to an activating group) is 1. The molecule has 0 unspecified atom stereocenters. The lowest BCUT2D eigenvalue weighted by Gasteiger charge is -2.56. The molecule has 1 aromatic carbocycles. The van der Waals surface area contributed by atoms with Crippen LogP contribution in [0.4, 0.5) is 0 Å². The van der Waals surface area contributed by atoms with Crippen molar-refractivity contribution in [3.63, 3.8) is 0 Å². The van der Waals surface area contributed by atoms with Gasteiger partial charge in [-0.25, -0.2) is 4.79 Å². The van der Waals surface area contributed by atoms with Crippen molar-refractivity contribution in [1.29, 1.82) is 0 Å². The van der Waals surface area contributed by atoms with Crippen LogP contribution in [0.25, 0.3) is 0 Å². The van der Waals surface area contributed by atoms with Crippen LogP contribution in [-0.4, -0.2) is 98.6 Å². The molecule has 238 valence electrons. The van der Waals surface area contributed by atoms with Crippen LogP contribution in [0.15, 0.2) is 24.0 Å². The first-order valence-corrected chi connectivity index (χ1v) is 14.5. The Kier molecular flexibility index (Phi) is 8.44. The lowest BCUT2D eigenvalue weighted by atomic mass is 9.52. The van der Waals surface area contributed by atoms with Gasteiger partial charge in [0.15, 0.2) is 12.2 Å². The van der Waals surface area contributed by atoms with Crippen molar-refractivity contribution in [3.05, 3.63) is 40.7 Å². The van der Waals surface area contributed by atoms with Gasteiger partial charge in [0.25, 0.3) is 5.91 Å². The van der Waals surface area contributed by atoms with Gasteiger partial charge in [-0.2, -0.15) is 0 Å². The summed E-state index contributed by atoms with van der Waals surface area (Å²) < 4.78 is 17.2. The second kappa shape index (κ2) is 11.8. The number of esters is 2. The van der Waals surface area contributed by atoms with Gasteiger partial charge in [0, 0.05) is 23.6 Å². The van der Waals surface area contributed by atoms with E-state index < -0.39 is 78.3 Å². The predicted octanol–water partition coefficient (Wildman–Crippen LogP) is 0.146. The van der Waals surface area contributed by atoms with E-state index in [-0.39, 0.29) is 24.8 Å². The topological polar surface area (TPSA) is 209 Å². The van der Waals surface area contributed by atoms with Gasteiger partial charge in [-0.05, 0) is 51.4 Å². The molecule has 6 atom stereocenters. The monoisotopic (exact) mass is 616 g/mol. The number of nitrogens with zero attached hydrogens (tertiary/aromatic N) is 1. The number of aliphatic hydroxyl groups excluding tert-OH is 1. The van der Waals surface area contributed by atoms with Gasteiger partial charge < -0.3 is 44.9 Å². The molecule has 1 saturated heterocycles. The van der Waals surface area contributed by atoms with Gasteiger partial charge in [0.05, 0.1) is 36.9 Å². The number of amides is 1. The van der Waals surface area contributed by atoms with Gasteiger partial charge in [-0.1, -0.05) is 12.1 Å². The maximum absolute atomic E-state index is 12.9. The molecule has 2 bridgehead atoms. The van der Waals surface area contributed by atoms with E-state index >= 15 is 0 Å². The van der Waals surface area contributed by atoms with E-state index in [2.05, 4.69) is 4.90 Å². The van der Waals surface area contributed by atoms with E-state index in [4.69, 9.17) is 24.4 Å². The summed E-state index contributed by atoms with van der Waals surface area (Å²) in [7, 11) is 1.99. The van der Waals surface area contributed by atoms with E-state index in [1.807, 2.05) is 24.5 Å². The Bertz CT molecular complexity index is 1420. The molecule has 0 saturated carbocycles. The molecule has 0 radical (unpaired) electrons. The van der Waals surface area contributed by atoms with Crippen LogP contribution in [-0.2, 0) is 51.9 Å². The van der Waals surface area contributed by atoms with Gasteiger partial charge >= 0.3 is 23.9 Å². The van der Waals surface area contributed by atoms with Crippen molar-refractivity contribution in [1.82, 2.24) is 10.2 Å². The molecular formula is C30H36N2O12. The van der Waals surface area contributed by atoms with Gasteiger partial charge in [-0.3, -0.25) is 19.2 Å². The Morgan fingerprint density at radius 1 is 1.16 bits per heavy atom. The molecule has 1 spiro atoms. The normalized spacial score (nSPS) is 27.9. The zero-order chi connectivity index (χ0) is 32.0. The van der Waals surface area contributed by atoms with Crippen molar-refractivity contribution < 1.29 is 58.6 Å². The molecule has 1 fully saturated rings. The number of carboxylic acids is 2. The summed E-state index contributed by atoms with van der Waals surface area (Å²) in [5.74, 6) is -4.97. The van der Waals surface area contributed by atoms with Crippen molar-refractivity contribution in [2.75, 3.05) is 13.6 Å². The highest BCUT2D eigenvalue weighted by atomic mass is 16.6. The molecule has 5 rings (SSSR count). The Labute approximate surface area is 252 Å². The highest BCUT2D eigenvalue weighted by Gasteiger charge is 2.70. The van der Waals surface area contributed by atoms with Crippen molar-refractivity contribution in [2.24, 2.45) is 0 Å². The molecule has 2 heterocycles. The Hall–Kier alpha value is -4.01. The fourth-order valence-electron chi connectivity index (χ4n) is 7.25. The molecule has 1 amide bonds. The van der Waals surface area contributed by atoms with Crippen molar-refractivity contribution in [3.8, 4) is 5.75 Å². The molecule has 5 N–H and O–H groups in total. The molecule has 2 aliphatic heterocycles. The number of carbonyl (C=O) groups is 5. The maximum atomic E-state index is 12.9. The Morgan fingerprint density at radius 3 is 2.57 bits per heavy atom. The number of likely N-dealkylation sites (tertiary alicyclic amines) is 1. The molecule has 14 nitrogen and oxygen atoms in total. The first-order valence-electron chi connectivity index (χ1n) is 14.5. The Morgan fingerprint density at radius 2 is 1.89 bits per heavy atom. The Balaban J connectivity index is 1.26. The highest BCUT2D eigenvalue weighted by molar-refractivity contribution is 5.90. The fraction of sp³-hybridized carbons (Fsp3) is 0.567. The number of benzene rings is 1. The average Bonchev–Trinajstić information content (AvgIpc) is 3.30. The zero-order valence-electron chi connectivity index (χ0n) is 24.4. The summed E-state index contributed by atoms with van der Waals surface area (Å²) in [5, 5.41) is 42.3. The molecule has 4 aliphatic rings. The van der Waals surface area contributed by atoms with Gasteiger partial charge in [0.2, 0.25) is 0 Å². The number of nitrogens with one attached hydrogen (secondary N) is 1. The van der Waals surface area contributed by atoms with Crippen LogP contribution in [0.5, 0.6) is 5.75 Å². The number of ether oxygens (including phenoxy) is 3. The number of aliphatic carboxylic acids is 2. The second-order valence-electron chi connectivity index (χ2n) is 11.9. The standard InChI is InChI=1S/C30H36N2O12/c1-15(27(38)31-18(28(39)40)13-21(34)35)42-22(36)6-7-23(37)43-19-8-10-30(41)20-12-16-4-5-17(14-33)25-24(16)29(30,26(19)44-25)9-3-11-32(20)2/h4-5,8,15,18,20,26,33,41H,3,6-7,9-14H2,1-2H3,(H,31,38)(H,34,35)(H,39,40)/t15-,18-,20+,26-,29-,30+/m0/s1. The number of aliphatic hydroxyl groups is 2. The summed E-state index contributed by atoms with van der Waals surface area (Å²) in [6.07, 6.45) is -0.187. The number of carboxylic acid groups (broad SMARTS) is 2. The molecule has 1 aromatic rings.